The van der Waals surface area contributed by atoms with Gasteiger partial charge in [0.05, 0.1) is 6.10 Å². The van der Waals surface area contributed by atoms with Gasteiger partial charge in [-0.3, -0.25) is 4.79 Å². The summed E-state index contributed by atoms with van der Waals surface area (Å²) in [4.78, 5) is 12.6. The molecule has 2 nitrogen and oxygen atoms in total. The van der Waals surface area contributed by atoms with Crippen molar-refractivity contribution in [3.63, 3.8) is 0 Å². The molecule has 1 aliphatic carbocycles. The fraction of sp³-hybridized carbons (Fsp3) is 0.188. The van der Waals surface area contributed by atoms with Crippen molar-refractivity contribution in [3.05, 3.63) is 61.6 Å². The molecule has 0 atom stereocenters. The average molecular weight is 443 g/mol. The molecule has 1 fully saturated rings. The van der Waals surface area contributed by atoms with E-state index in [0.29, 0.717) is 17.2 Å². The van der Waals surface area contributed by atoms with Crippen molar-refractivity contribution in [2.75, 3.05) is 0 Å². The van der Waals surface area contributed by atoms with Crippen molar-refractivity contribution >= 4 is 44.3 Å². The molecule has 2 aromatic carbocycles. The smallest absolute Gasteiger partial charge is 0.194 e. The van der Waals surface area contributed by atoms with Crippen molar-refractivity contribution in [1.29, 1.82) is 0 Å². The highest BCUT2D eigenvalue weighted by atomic mass is 127. The van der Waals surface area contributed by atoms with E-state index in [2.05, 4.69) is 38.5 Å². The third kappa shape index (κ3) is 3.23. The van der Waals surface area contributed by atoms with E-state index in [1.165, 1.54) is 0 Å². The van der Waals surface area contributed by atoms with Gasteiger partial charge in [-0.2, -0.15) is 0 Å². The van der Waals surface area contributed by atoms with Gasteiger partial charge in [0.1, 0.15) is 5.75 Å². The van der Waals surface area contributed by atoms with Gasteiger partial charge in [0.25, 0.3) is 0 Å². The maximum atomic E-state index is 12.6. The standard InChI is InChI=1S/C16H12BrIO2/c17-11-4-7-15(18)14(9-11)16(19)10-2-1-3-13(8-10)20-12-5-6-12/h1-4,7-9,12H,5-6H2. The third-order valence-corrected chi connectivity index (χ3v) is 4.53. The Bertz CT molecular complexity index is 665. The molecule has 0 N–H and O–H groups in total. The van der Waals surface area contributed by atoms with E-state index in [4.69, 9.17) is 4.74 Å². The summed E-state index contributed by atoms with van der Waals surface area (Å²) in [6.45, 7) is 0. The van der Waals surface area contributed by atoms with Crippen LogP contribution in [-0.4, -0.2) is 11.9 Å². The lowest BCUT2D eigenvalue weighted by Crippen LogP contribution is -2.05. The molecule has 0 saturated heterocycles. The fourth-order valence-corrected chi connectivity index (χ4v) is 2.86. The van der Waals surface area contributed by atoms with E-state index >= 15 is 0 Å². The number of carbonyl (C=O) groups excluding carboxylic acids is 1. The van der Waals surface area contributed by atoms with E-state index in [-0.39, 0.29) is 5.78 Å². The van der Waals surface area contributed by atoms with Gasteiger partial charge in [-0.25, -0.2) is 0 Å². The van der Waals surface area contributed by atoms with Crippen LogP contribution in [0.5, 0.6) is 5.75 Å². The molecule has 0 aliphatic heterocycles. The van der Waals surface area contributed by atoms with Crippen LogP contribution in [0.1, 0.15) is 28.8 Å². The Hall–Kier alpha value is -0.880. The molecule has 102 valence electrons. The first kappa shape index (κ1) is 14.1. The Morgan fingerprint density at radius 3 is 2.75 bits per heavy atom. The van der Waals surface area contributed by atoms with Crippen molar-refractivity contribution in [1.82, 2.24) is 0 Å². The first-order valence-corrected chi connectivity index (χ1v) is 8.27. The molecule has 0 amide bonds. The highest BCUT2D eigenvalue weighted by Gasteiger charge is 2.23. The second-order valence-corrected chi connectivity index (χ2v) is 6.88. The number of rotatable bonds is 4. The molecule has 0 heterocycles. The monoisotopic (exact) mass is 442 g/mol. The SMILES string of the molecule is O=C(c1cccc(OC2CC2)c1)c1cc(Br)ccc1I. The van der Waals surface area contributed by atoms with E-state index in [1.54, 1.807) is 0 Å². The quantitative estimate of drug-likeness (QED) is 0.501. The van der Waals surface area contributed by atoms with Crippen LogP contribution in [0.15, 0.2) is 46.9 Å². The van der Waals surface area contributed by atoms with E-state index in [9.17, 15) is 4.79 Å². The Morgan fingerprint density at radius 1 is 1.20 bits per heavy atom. The van der Waals surface area contributed by atoms with Crippen molar-refractivity contribution in [2.24, 2.45) is 0 Å². The second-order valence-electron chi connectivity index (χ2n) is 4.80. The fourth-order valence-electron chi connectivity index (χ4n) is 1.92. The minimum atomic E-state index is 0.0250. The van der Waals surface area contributed by atoms with Gasteiger partial charge in [0.15, 0.2) is 5.78 Å². The summed E-state index contributed by atoms with van der Waals surface area (Å²) in [6, 6.07) is 13.2. The number of hydrogen-bond donors (Lipinski definition) is 0. The van der Waals surface area contributed by atoms with Gasteiger partial charge >= 0.3 is 0 Å². The molecule has 4 heteroatoms. The lowest BCUT2D eigenvalue weighted by molar-refractivity contribution is 0.103. The van der Waals surface area contributed by atoms with Gasteiger partial charge in [-0.15, -0.1) is 0 Å². The predicted octanol–water partition coefficient (Wildman–Crippen LogP) is 4.83. The lowest BCUT2D eigenvalue weighted by Gasteiger charge is -2.08. The largest absolute Gasteiger partial charge is 0.490 e. The van der Waals surface area contributed by atoms with Crippen LogP contribution in [0, 0.1) is 3.57 Å². The lowest BCUT2D eigenvalue weighted by atomic mass is 10.0. The topological polar surface area (TPSA) is 26.3 Å². The number of benzene rings is 2. The molecule has 2 aromatic rings. The molecular formula is C16H12BrIO2. The molecule has 0 unspecified atom stereocenters. The highest BCUT2D eigenvalue weighted by molar-refractivity contribution is 14.1. The zero-order chi connectivity index (χ0) is 14.1. The minimum absolute atomic E-state index is 0.0250. The van der Waals surface area contributed by atoms with Crippen LogP contribution in [-0.2, 0) is 0 Å². The summed E-state index contributed by atoms with van der Waals surface area (Å²) in [7, 11) is 0. The number of carbonyl (C=O) groups is 1. The molecule has 1 aliphatic rings. The van der Waals surface area contributed by atoms with Crippen LogP contribution in [0.3, 0.4) is 0 Å². The van der Waals surface area contributed by atoms with Crippen molar-refractivity contribution < 1.29 is 9.53 Å². The third-order valence-electron chi connectivity index (χ3n) is 3.10. The molecule has 3 rings (SSSR count). The van der Waals surface area contributed by atoms with Crippen LogP contribution in [0.4, 0.5) is 0 Å². The molecule has 20 heavy (non-hydrogen) atoms. The Balaban J connectivity index is 1.91. The zero-order valence-corrected chi connectivity index (χ0v) is 14.3. The summed E-state index contributed by atoms with van der Waals surface area (Å²) in [6.07, 6.45) is 2.56. The van der Waals surface area contributed by atoms with Crippen LogP contribution >= 0.6 is 38.5 Å². The number of hydrogen-bond acceptors (Lipinski definition) is 2. The summed E-state index contributed by atoms with van der Waals surface area (Å²) in [5, 5.41) is 0. The van der Waals surface area contributed by atoms with Gasteiger partial charge < -0.3 is 4.74 Å². The van der Waals surface area contributed by atoms with Crippen molar-refractivity contribution in [2.45, 2.75) is 18.9 Å². The number of halogens is 2. The Morgan fingerprint density at radius 2 is 2.00 bits per heavy atom. The van der Waals surface area contributed by atoms with Gasteiger partial charge in [0.2, 0.25) is 0 Å². The normalized spacial score (nSPS) is 14.1. The zero-order valence-electron chi connectivity index (χ0n) is 10.6. The minimum Gasteiger partial charge on any atom is -0.490 e. The highest BCUT2D eigenvalue weighted by Crippen LogP contribution is 2.28. The second kappa shape index (κ2) is 5.85. The van der Waals surface area contributed by atoms with Crippen LogP contribution < -0.4 is 4.74 Å². The number of ether oxygens (including phenoxy) is 1. The van der Waals surface area contributed by atoms with Gasteiger partial charge in [0, 0.05) is 19.2 Å². The van der Waals surface area contributed by atoms with E-state index in [0.717, 1.165) is 26.6 Å². The average Bonchev–Trinajstić information content (AvgIpc) is 3.25. The first-order valence-electron chi connectivity index (χ1n) is 6.40. The first-order chi connectivity index (χ1) is 9.63. The summed E-state index contributed by atoms with van der Waals surface area (Å²) >= 11 is 5.60. The maximum Gasteiger partial charge on any atom is 0.194 e. The van der Waals surface area contributed by atoms with Gasteiger partial charge in [-0.1, -0.05) is 28.1 Å². The van der Waals surface area contributed by atoms with Crippen LogP contribution in [0.2, 0.25) is 0 Å². The molecule has 0 bridgehead atoms. The number of ketones is 1. The predicted molar refractivity (Wildman–Crippen MR) is 90.4 cm³/mol. The Labute approximate surface area is 139 Å². The molecule has 0 aromatic heterocycles. The summed E-state index contributed by atoms with van der Waals surface area (Å²) in [5.41, 5.74) is 1.38. The Kier molecular flexibility index (Phi) is 4.12. The van der Waals surface area contributed by atoms with E-state index in [1.807, 2.05) is 42.5 Å². The molecule has 1 saturated carbocycles. The maximum absolute atomic E-state index is 12.6. The van der Waals surface area contributed by atoms with Crippen LogP contribution in [0.25, 0.3) is 0 Å². The molecule has 0 radical (unpaired) electrons. The van der Waals surface area contributed by atoms with E-state index < -0.39 is 0 Å². The van der Waals surface area contributed by atoms with Crippen molar-refractivity contribution in [3.8, 4) is 5.75 Å². The molecule has 0 spiro atoms. The summed E-state index contributed by atoms with van der Waals surface area (Å²) < 4.78 is 7.60. The molecular weight excluding hydrogens is 431 g/mol. The summed E-state index contributed by atoms with van der Waals surface area (Å²) in [5.74, 6) is 0.806. The van der Waals surface area contributed by atoms with Gasteiger partial charge in [-0.05, 0) is 65.8 Å².